The van der Waals surface area contributed by atoms with Crippen molar-refractivity contribution in [2.75, 3.05) is 0 Å². The lowest BCUT2D eigenvalue weighted by atomic mass is 9.87. The quantitative estimate of drug-likeness (QED) is 0.547. The number of aromatic amines is 1. The predicted octanol–water partition coefficient (Wildman–Crippen LogP) is 5.99. The molecule has 0 aliphatic heterocycles. The van der Waals surface area contributed by atoms with Gasteiger partial charge in [0.05, 0.1) is 10.4 Å². The molecule has 0 fully saturated rings. The second-order valence-electron chi connectivity index (χ2n) is 7.41. The van der Waals surface area contributed by atoms with Crippen LogP contribution < -0.4 is 0 Å². The molecule has 6 heteroatoms. The number of benzene rings is 1. The molecule has 2 heterocycles. The van der Waals surface area contributed by atoms with Crippen LogP contribution in [0, 0.1) is 19.8 Å². The summed E-state index contributed by atoms with van der Waals surface area (Å²) in [5, 5.41) is 19.0. The third-order valence-corrected chi connectivity index (χ3v) is 6.64. The topological polar surface area (TPSA) is 77.8 Å². The third kappa shape index (κ3) is 3.30. The van der Waals surface area contributed by atoms with Gasteiger partial charge in [0.25, 0.3) is 0 Å². The van der Waals surface area contributed by atoms with Crippen LogP contribution in [0.5, 0.6) is 5.88 Å². The first-order valence-electron chi connectivity index (χ1n) is 9.35. The van der Waals surface area contributed by atoms with E-state index in [4.69, 9.17) is 0 Å². The molecule has 0 radical (unpaired) electrons. The Morgan fingerprint density at radius 1 is 1.33 bits per heavy atom. The number of carbonyl (C=O) groups excluding carboxylic acids is 1. The monoisotopic (exact) mass is 381 g/mol. The van der Waals surface area contributed by atoms with Crippen LogP contribution in [0.3, 0.4) is 0 Å². The number of azo groups is 1. The molecule has 27 heavy (non-hydrogen) atoms. The van der Waals surface area contributed by atoms with Gasteiger partial charge in [0.15, 0.2) is 5.69 Å². The fourth-order valence-electron chi connectivity index (χ4n) is 3.92. The van der Waals surface area contributed by atoms with E-state index < -0.39 is 0 Å². The molecule has 140 valence electrons. The van der Waals surface area contributed by atoms with Gasteiger partial charge in [-0.2, -0.15) is 0 Å². The van der Waals surface area contributed by atoms with E-state index in [1.165, 1.54) is 34.6 Å². The molecule has 1 aliphatic rings. The molecule has 1 aliphatic carbocycles. The Balaban J connectivity index is 1.62. The maximum absolute atomic E-state index is 12.5. The number of aromatic nitrogens is 1. The Morgan fingerprint density at radius 3 is 2.93 bits per heavy atom. The minimum absolute atomic E-state index is 0.0634. The van der Waals surface area contributed by atoms with Crippen molar-refractivity contribution in [3.05, 3.63) is 44.6 Å². The van der Waals surface area contributed by atoms with E-state index in [2.05, 4.69) is 22.1 Å². The number of thiophene rings is 1. The molecule has 5 nitrogen and oxygen atoms in total. The van der Waals surface area contributed by atoms with Gasteiger partial charge in [0, 0.05) is 10.3 Å². The summed E-state index contributed by atoms with van der Waals surface area (Å²) in [4.78, 5) is 17.4. The summed E-state index contributed by atoms with van der Waals surface area (Å²) < 4.78 is 0. The Hall–Kier alpha value is -2.47. The highest BCUT2D eigenvalue weighted by atomic mass is 32.1. The zero-order valence-electron chi connectivity index (χ0n) is 15.8. The zero-order valence-corrected chi connectivity index (χ0v) is 16.6. The van der Waals surface area contributed by atoms with Gasteiger partial charge in [-0.15, -0.1) is 21.6 Å². The standard InChI is InChI=1S/C21H23N3O2S/c1-4-13-5-6-16-14(9-13)10-17(27-16)20(25)24-23-19-15-8-11(2)7-12(3)18(15)22-21(19)26/h7-8,10,13,22,26H,4-6,9H2,1-3H3. The van der Waals surface area contributed by atoms with Crippen molar-refractivity contribution in [2.24, 2.45) is 16.1 Å². The van der Waals surface area contributed by atoms with Gasteiger partial charge >= 0.3 is 5.91 Å². The summed E-state index contributed by atoms with van der Waals surface area (Å²) in [5.41, 5.74) is 4.51. The molecular weight excluding hydrogens is 358 g/mol. The second-order valence-corrected chi connectivity index (χ2v) is 8.54. The molecule has 4 rings (SSSR count). The van der Waals surface area contributed by atoms with Crippen molar-refractivity contribution >= 4 is 33.8 Å². The van der Waals surface area contributed by atoms with E-state index in [-0.39, 0.29) is 11.8 Å². The van der Waals surface area contributed by atoms with Gasteiger partial charge in [-0.05, 0) is 62.3 Å². The number of aryl methyl sites for hydroxylation is 3. The molecule has 1 unspecified atom stereocenters. The van der Waals surface area contributed by atoms with Crippen LogP contribution >= 0.6 is 11.3 Å². The van der Waals surface area contributed by atoms with E-state index >= 15 is 0 Å². The minimum Gasteiger partial charge on any atom is -0.493 e. The Morgan fingerprint density at radius 2 is 2.15 bits per heavy atom. The zero-order chi connectivity index (χ0) is 19.1. The van der Waals surface area contributed by atoms with Crippen LogP contribution in [0.2, 0.25) is 0 Å². The number of hydrogen-bond acceptors (Lipinski definition) is 4. The van der Waals surface area contributed by atoms with E-state index in [1.54, 1.807) is 0 Å². The summed E-state index contributed by atoms with van der Waals surface area (Å²) in [6, 6.07) is 5.95. The van der Waals surface area contributed by atoms with Crippen molar-refractivity contribution < 1.29 is 9.90 Å². The van der Waals surface area contributed by atoms with Crippen molar-refractivity contribution in [3.63, 3.8) is 0 Å². The normalized spacial score (nSPS) is 16.9. The summed E-state index contributed by atoms with van der Waals surface area (Å²) >= 11 is 1.53. The molecule has 1 aromatic carbocycles. The van der Waals surface area contributed by atoms with Gasteiger partial charge in [0.1, 0.15) is 0 Å². The largest absolute Gasteiger partial charge is 0.493 e. The van der Waals surface area contributed by atoms with Crippen LogP contribution in [0.25, 0.3) is 10.9 Å². The predicted molar refractivity (Wildman–Crippen MR) is 108 cm³/mol. The number of amides is 1. The van der Waals surface area contributed by atoms with Crippen molar-refractivity contribution in [2.45, 2.75) is 46.5 Å². The highest BCUT2D eigenvalue weighted by molar-refractivity contribution is 7.14. The number of aromatic hydroxyl groups is 1. The number of H-pyrrole nitrogens is 1. The van der Waals surface area contributed by atoms with Crippen molar-refractivity contribution in [1.29, 1.82) is 0 Å². The average molecular weight is 382 g/mol. The summed E-state index contributed by atoms with van der Waals surface area (Å²) in [5.74, 6) is 0.304. The summed E-state index contributed by atoms with van der Waals surface area (Å²) in [6.45, 7) is 6.18. The Labute approximate surface area is 162 Å². The van der Waals surface area contributed by atoms with Crippen LogP contribution in [0.4, 0.5) is 5.69 Å². The number of rotatable bonds is 3. The van der Waals surface area contributed by atoms with E-state index in [9.17, 15) is 9.90 Å². The van der Waals surface area contributed by atoms with Crippen LogP contribution in [0.15, 0.2) is 28.4 Å². The number of fused-ring (bicyclic) bond motifs is 2. The summed E-state index contributed by atoms with van der Waals surface area (Å²) in [6.07, 6.45) is 4.47. The first-order chi connectivity index (χ1) is 13.0. The van der Waals surface area contributed by atoms with Crippen molar-refractivity contribution in [3.8, 4) is 5.88 Å². The van der Waals surface area contributed by atoms with Gasteiger partial charge in [0.2, 0.25) is 5.88 Å². The molecule has 0 saturated heterocycles. The minimum atomic E-state index is -0.347. The highest BCUT2D eigenvalue weighted by Crippen LogP contribution is 2.38. The maximum Gasteiger partial charge on any atom is 0.305 e. The lowest BCUT2D eigenvalue weighted by Gasteiger charge is -2.19. The number of nitrogens with zero attached hydrogens (tertiary/aromatic N) is 2. The third-order valence-electron chi connectivity index (χ3n) is 5.42. The number of hydrogen-bond donors (Lipinski definition) is 2. The molecule has 0 saturated carbocycles. The molecular formula is C21H23N3O2S. The molecule has 1 amide bonds. The lowest BCUT2D eigenvalue weighted by Crippen LogP contribution is -2.10. The SMILES string of the molecule is CCC1CCc2sc(C(=O)N=Nc3c(O)[nH]c4c(C)cc(C)cc34)cc2C1. The van der Waals surface area contributed by atoms with Gasteiger partial charge in [-0.1, -0.05) is 25.0 Å². The smallest absolute Gasteiger partial charge is 0.305 e. The first-order valence-corrected chi connectivity index (χ1v) is 10.2. The fourth-order valence-corrected chi connectivity index (χ4v) is 5.01. The summed E-state index contributed by atoms with van der Waals surface area (Å²) in [7, 11) is 0. The molecule has 2 N–H and O–H groups in total. The molecule has 1 atom stereocenters. The van der Waals surface area contributed by atoms with Gasteiger partial charge < -0.3 is 10.1 Å². The molecule has 2 aromatic heterocycles. The second kappa shape index (κ2) is 6.93. The molecule has 0 bridgehead atoms. The van der Waals surface area contributed by atoms with Crippen LogP contribution in [0.1, 0.15) is 51.0 Å². The number of carbonyl (C=O) groups is 1. The van der Waals surface area contributed by atoms with Gasteiger partial charge in [-0.3, -0.25) is 4.79 Å². The highest BCUT2D eigenvalue weighted by Gasteiger charge is 2.22. The van der Waals surface area contributed by atoms with E-state index in [0.717, 1.165) is 34.9 Å². The first kappa shape index (κ1) is 17.9. The Kier molecular flexibility index (Phi) is 4.60. The van der Waals surface area contributed by atoms with Gasteiger partial charge in [-0.25, -0.2) is 0 Å². The number of nitrogens with one attached hydrogen (secondary N) is 1. The lowest BCUT2D eigenvalue weighted by molar-refractivity contribution is 0.0999. The maximum atomic E-state index is 12.5. The Bertz CT molecular complexity index is 1060. The average Bonchev–Trinajstić information content (AvgIpc) is 3.20. The van der Waals surface area contributed by atoms with Crippen LogP contribution in [-0.2, 0) is 12.8 Å². The van der Waals surface area contributed by atoms with E-state index in [0.29, 0.717) is 16.5 Å². The van der Waals surface area contributed by atoms with Crippen LogP contribution in [-0.4, -0.2) is 16.0 Å². The fraction of sp³-hybridized carbons (Fsp3) is 0.381. The van der Waals surface area contributed by atoms with Crippen molar-refractivity contribution in [1.82, 2.24) is 4.98 Å². The molecule has 0 spiro atoms. The molecule has 3 aromatic rings. The van der Waals surface area contributed by atoms with E-state index in [1.807, 2.05) is 32.0 Å².